The van der Waals surface area contributed by atoms with Gasteiger partial charge in [-0.1, -0.05) is 116 Å². The summed E-state index contributed by atoms with van der Waals surface area (Å²) in [6.07, 6.45) is 12.4. The largest absolute Gasteiger partial charge is 0.0991 e. The lowest BCUT2D eigenvalue weighted by Gasteiger charge is -2.23. The summed E-state index contributed by atoms with van der Waals surface area (Å²) in [5.74, 6) is 0. The Kier molecular flexibility index (Phi) is 6.24. The Morgan fingerprint density at radius 3 is 2.50 bits per heavy atom. The van der Waals surface area contributed by atoms with Crippen molar-refractivity contribution >= 4 is 34.2 Å². The Bertz CT molecular complexity index is 1010. The highest BCUT2D eigenvalue weighted by atomic mass is 127. The molecule has 1 aliphatic rings. The lowest BCUT2D eigenvalue weighted by atomic mass is 9.81. The third kappa shape index (κ3) is 3.60. The Balaban J connectivity index is 2.24. The Morgan fingerprint density at radius 1 is 1.04 bits per heavy atom. The quantitative estimate of drug-likeness (QED) is 0.232. The second-order valence-corrected chi connectivity index (χ2v) is 8.49. The fourth-order valence-corrected chi connectivity index (χ4v) is 4.59. The number of fused-ring (bicyclic) bond motifs is 1. The molecule has 0 radical (unpaired) electrons. The van der Waals surface area contributed by atoms with E-state index in [2.05, 4.69) is 111 Å². The number of hydrogen-bond donors (Lipinski definition) is 0. The van der Waals surface area contributed by atoms with Crippen molar-refractivity contribution in [3.8, 4) is 11.1 Å². The molecule has 0 amide bonds. The van der Waals surface area contributed by atoms with Gasteiger partial charge in [0.25, 0.3) is 0 Å². The van der Waals surface area contributed by atoms with E-state index in [1.54, 1.807) is 0 Å². The van der Waals surface area contributed by atoms with Crippen molar-refractivity contribution in [1.82, 2.24) is 0 Å². The zero-order chi connectivity index (χ0) is 20.3. The normalized spacial score (nSPS) is 18.0. The number of benzene rings is 2. The summed E-state index contributed by atoms with van der Waals surface area (Å²) in [5.41, 5.74) is 10.4. The molecule has 2 aromatic carbocycles. The highest BCUT2D eigenvalue weighted by molar-refractivity contribution is 14.1. The van der Waals surface area contributed by atoms with Crippen LogP contribution < -0.4 is 0 Å². The first kappa shape index (κ1) is 20.6. The van der Waals surface area contributed by atoms with Crippen LogP contribution in [-0.4, -0.2) is 4.43 Å². The van der Waals surface area contributed by atoms with Crippen LogP contribution in [0, 0.1) is 6.92 Å². The molecule has 0 N–H and O–H groups in total. The topological polar surface area (TPSA) is 0 Å². The van der Waals surface area contributed by atoms with Crippen molar-refractivity contribution in [2.45, 2.75) is 26.2 Å². The number of alkyl halides is 1. The summed E-state index contributed by atoms with van der Waals surface area (Å²) in [4.78, 5) is 0. The molecule has 0 aliphatic heterocycles. The first-order chi connectivity index (χ1) is 13.5. The summed E-state index contributed by atoms with van der Waals surface area (Å²) in [5, 5.41) is 0. The zero-order valence-corrected chi connectivity index (χ0v) is 19.1. The highest BCUT2D eigenvalue weighted by Gasteiger charge is 2.37. The van der Waals surface area contributed by atoms with Crippen LogP contribution in [0.25, 0.3) is 22.8 Å². The van der Waals surface area contributed by atoms with Gasteiger partial charge in [-0.3, -0.25) is 0 Å². The second kappa shape index (κ2) is 8.48. The monoisotopic (exact) mass is 478 g/mol. The molecule has 0 unspecified atom stereocenters. The molecular formula is C27H27I. The summed E-state index contributed by atoms with van der Waals surface area (Å²) in [6, 6.07) is 13.4. The van der Waals surface area contributed by atoms with E-state index in [0.717, 1.165) is 4.43 Å². The van der Waals surface area contributed by atoms with Gasteiger partial charge in [0.2, 0.25) is 0 Å². The third-order valence-corrected chi connectivity index (χ3v) is 5.99. The summed E-state index contributed by atoms with van der Waals surface area (Å²) in [6.45, 7) is 14.6. The molecule has 1 aliphatic carbocycles. The standard InChI is InChI=1S/C27H27I/c1-6-8-12-21-19(3)11-9-13-22(21)20-14-15-24-23(10-7-2)25(16-17-28)27(4,5)26(24)18-20/h6-16,18H,1-2,17H2,3-5H3/b12-8-,23-10-,25-16+. The molecule has 0 bridgehead atoms. The average Bonchev–Trinajstić information content (AvgIpc) is 2.88. The predicted molar refractivity (Wildman–Crippen MR) is 134 cm³/mol. The van der Waals surface area contributed by atoms with E-state index < -0.39 is 0 Å². The molecule has 2 aromatic rings. The maximum atomic E-state index is 3.93. The van der Waals surface area contributed by atoms with Crippen LogP contribution in [0.1, 0.15) is 36.1 Å². The van der Waals surface area contributed by atoms with E-state index >= 15 is 0 Å². The smallest absolute Gasteiger partial charge is 0.0182 e. The highest BCUT2D eigenvalue weighted by Crippen LogP contribution is 2.50. The number of hydrogen-bond acceptors (Lipinski definition) is 0. The number of allylic oxidation sites excluding steroid dienone is 7. The van der Waals surface area contributed by atoms with E-state index in [9.17, 15) is 0 Å². The van der Waals surface area contributed by atoms with Crippen LogP contribution in [0.3, 0.4) is 0 Å². The first-order valence-corrected chi connectivity index (χ1v) is 11.1. The van der Waals surface area contributed by atoms with Gasteiger partial charge in [-0.2, -0.15) is 0 Å². The molecule has 0 saturated heterocycles. The summed E-state index contributed by atoms with van der Waals surface area (Å²) >= 11 is 2.42. The molecule has 0 fully saturated rings. The van der Waals surface area contributed by atoms with E-state index in [1.807, 2.05) is 18.2 Å². The minimum absolute atomic E-state index is 0.0215. The van der Waals surface area contributed by atoms with Gasteiger partial charge in [-0.25, -0.2) is 0 Å². The predicted octanol–water partition coefficient (Wildman–Crippen LogP) is 8.08. The van der Waals surface area contributed by atoms with E-state index in [0.29, 0.717) is 0 Å². The van der Waals surface area contributed by atoms with Crippen LogP contribution in [0.5, 0.6) is 0 Å². The third-order valence-electron chi connectivity index (χ3n) is 5.55. The zero-order valence-electron chi connectivity index (χ0n) is 16.9. The molecule has 142 valence electrons. The molecule has 0 nitrogen and oxygen atoms in total. The molecular weight excluding hydrogens is 451 g/mol. The van der Waals surface area contributed by atoms with Crippen molar-refractivity contribution in [2.75, 3.05) is 4.43 Å². The Labute approximate surface area is 183 Å². The molecule has 28 heavy (non-hydrogen) atoms. The molecule has 1 heteroatoms. The number of aryl methyl sites for hydroxylation is 1. The van der Waals surface area contributed by atoms with Gasteiger partial charge in [-0.15, -0.1) is 0 Å². The lowest BCUT2D eigenvalue weighted by molar-refractivity contribution is 0.660. The van der Waals surface area contributed by atoms with Crippen LogP contribution in [0.2, 0.25) is 0 Å². The Hall–Kier alpha value is -2.13. The van der Waals surface area contributed by atoms with Gasteiger partial charge >= 0.3 is 0 Å². The molecule has 0 atom stereocenters. The number of halogens is 1. The first-order valence-electron chi connectivity index (χ1n) is 9.59. The molecule has 0 heterocycles. The maximum Gasteiger partial charge on any atom is 0.0182 e. The number of rotatable bonds is 5. The van der Waals surface area contributed by atoms with Gasteiger partial charge in [0.1, 0.15) is 0 Å². The van der Waals surface area contributed by atoms with Crippen molar-refractivity contribution in [3.63, 3.8) is 0 Å². The van der Waals surface area contributed by atoms with E-state index in [4.69, 9.17) is 0 Å². The molecule has 0 aromatic heterocycles. The molecule has 3 rings (SSSR count). The summed E-state index contributed by atoms with van der Waals surface area (Å²) < 4.78 is 1.00. The molecule has 0 spiro atoms. The van der Waals surface area contributed by atoms with Gasteiger partial charge in [0.05, 0.1) is 0 Å². The fraction of sp³-hybridized carbons (Fsp3) is 0.185. The summed E-state index contributed by atoms with van der Waals surface area (Å²) in [7, 11) is 0. The second-order valence-electron chi connectivity index (χ2n) is 7.60. The Morgan fingerprint density at radius 2 is 1.82 bits per heavy atom. The van der Waals surface area contributed by atoms with Gasteiger partial charge in [0, 0.05) is 9.84 Å². The fourth-order valence-electron chi connectivity index (χ4n) is 4.15. The van der Waals surface area contributed by atoms with Crippen LogP contribution in [-0.2, 0) is 5.41 Å². The minimum atomic E-state index is -0.0215. The van der Waals surface area contributed by atoms with Crippen LogP contribution in [0.4, 0.5) is 0 Å². The van der Waals surface area contributed by atoms with Gasteiger partial charge in [-0.05, 0) is 57.5 Å². The van der Waals surface area contributed by atoms with E-state index in [-0.39, 0.29) is 5.41 Å². The van der Waals surface area contributed by atoms with Crippen molar-refractivity contribution in [1.29, 1.82) is 0 Å². The van der Waals surface area contributed by atoms with Gasteiger partial charge in [0.15, 0.2) is 0 Å². The van der Waals surface area contributed by atoms with Crippen LogP contribution in [0.15, 0.2) is 85.5 Å². The van der Waals surface area contributed by atoms with Crippen molar-refractivity contribution < 1.29 is 0 Å². The maximum absolute atomic E-state index is 3.93. The average molecular weight is 478 g/mol. The van der Waals surface area contributed by atoms with Crippen molar-refractivity contribution in [2.24, 2.45) is 0 Å². The van der Waals surface area contributed by atoms with Crippen LogP contribution >= 0.6 is 22.6 Å². The van der Waals surface area contributed by atoms with Gasteiger partial charge < -0.3 is 0 Å². The molecule has 0 saturated carbocycles. The minimum Gasteiger partial charge on any atom is -0.0991 e. The lowest BCUT2D eigenvalue weighted by Crippen LogP contribution is -2.15. The van der Waals surface area contributed by atoms with Crippen molar-refractivity contribution in [3.05, 3.63) is 108 Å². The van der Waals surface area contributed by atoms with E-state index in [1.165, 1.54) is 44.5 Å². The SMILES string of the molecule is C=C/C=C\c1c(C)cccc1-c1ccc2c(c1)C(C)(C)C(=C/CI)/C2=C\C=C.